The molecule has 67 heavy (non-hydrogen) atoms. The number of nitrogens with one attached hydrogen (secondary N) is 2. The Morgan fingerprint density at radius 2 is 1.28 bits per heavy atom. The van der Waals surface area contributed by atoms with Crippen molar-refractivity contribution in [1.82, 2.24) is 15.5 Å². The molecular weight excluding hydrogens is 941 g/mol. The summed E-state index contributed by atoms with van der Waals surface area (Å²) < 4.78 is 101. The largest absolute Gasteiger partial charge is 0.508 e. The van der Waals surface area contributed by atoms with E-state index in [2.05, 4.69) is 15.6 Å². The van der Waals surface area contributed by atoms with Gasteiger partial charge < -0.3 is 68.1 Å². The maximum Gasteiger partial charge on any atom is 0.490 e. The predicted octanol–water partition coefficient (Wildman–Crippen LogP) is 0.599. The third-order valence-electron chi connectivity index (χ3n) is 8.11. The van der Waals surface area contributed by atoms with Gasteiger partial charge in [-0.15, -0.1) is 0 Å². The number of aliphatic hydroxyl groups excluding tert-OH is 1. The minimum absolute atomic E-state index is 0.000497. The number of halogens is 9. The molecule has 0 saturated carbocycles. The SMILES string of the molecule is CC(C)C[C@H](NC(=O)[C@H](Cc1ccc(O)cc1)OC(=O)[C@@H](N)CCCN=C(N)N)C(=O)N1CCC[C@H]1C(=O)N[C@H](C(=O)O)[C@@H](C)O.O=C(O)C(F)(F)F.O=C(O)C(F)(F)F.O=C(O)C(F)(F)F. The van der Waals surface area contributed by atoms with E-state index in [4.69, 9.17) is 51.6 Å². The first kappa shape index (κ1) is 62.4. The van der Waals surface area contributed by atoms with Crippen molar-refractivity contribution in [1.29, 1.82) is 0 Å². The Morgan fingerprint density at radius 3 is 1.67 bits per heavy atom. The number of carboxylic acids is 4. The highest BCUT2D eigenvalue weighted by atomic mass is 19.4. The minimum atomic E-state index is -5.08. The fraction of sp³-hybridized carbons (Fsp3) is 0.583. The van der Waals surface area contributed by atoms with E-state index in [9.17, 15) is 78.8 Å². The van der Waals surface area contributed by atoms with E-state index < -0.39 is 102 Å². The molecule has 0 aromatic heterocycles. The lowest BCUT2D eigenvalue weighted by molar-refractivity contribution is -0.193. The molecule has 1 heterocycles. The van der Waals surface area contributed by atoms with Gasteiger partial charge in [-0.05, 0) is 62.6 Å². The van der Waals surface area contributed by atoms with Gasteiger partial charge in [0, 0.05) is 19.5 Å². The van der Waals surface area contributed by atoms with Crippen LogP contribution in [-0.4, -0.2) is 157 Å². The standard InChI is InChI=1S/C30H47N7O9.3C2HF3O2/c1-16(2)14-21(27(42)37-13-5-7-22(37)25(40)36-24(17(3)38)28(43)44)35-26(41)23(15-18-8-10-19(39)11-9-18)46-29(45)20(31)6-4-12-34-30(32)33;3*3-2(4,5)1(6)7/h8-11,16-17,20-24,38-39H,4-7,12-15,31H2,1-3H3,(H,35,41)(H,36,40)(H,43,44)(H4,32,33,34);3*(H,6,7)/t17-,20+,21+,22+,23+,24+;;;/m1.../s1. The maximum atomic E-state index is 13.8. The topological polar surface area (TPSA) is 385 Å². The number of alkyl halides is 9. The fourth-order valence-electron chi connectivity index (χ4n) is 5.00. The van der Waals surface area contributed by atoms with E-state index >= 15 is 0 Å². The fourth-order valence-corrected chi connectivity index (χ4v) is 5.00. The van der Waals surface area contributed by atoms with Gasteiger partial charge in [0.2, 0.25) is 11.8 Å². The number of aliphatic hydroxyl groups is 1. The normalized spacial score (nSPS) is 15.7. The second-order valence-electron chi connectivity index (χ2n) is 14.2. The van der Waals surface area contributed by atoms with Gasteiger partial charge in [0.05, 0.1) is 6.10 Å². The molecule has 0 unspecified atom stereocenters. The molecule has 1 aliphatic rings. The molecule has 0 radical (unpaired) electrons. The summed E-state index contributed by atoms with van der Waals surface area (Å²) in [6, 6.07) is 1.17. The molecule has 31 heteroatoms. The average Bonchev–Trinajstić information content (AvgIpc) is 3.68. The van der Waals surface area contributed by atoms with Crippen LogP contribution in [-0.2, 0) is 49.5 Å². The van der Waals surface area contributed by atoms with Gasteiger partial charge in [0.1, 0.15) is 23.9 Å². The smallest absolute Gasteiger partial charge is 0.490 e. The Kier molecular flexibility index (Phi) is 26.5. The van der Waals surface area contributed by atoms with Crippen LogP contribution >= 0.6 is 0 Å². The summed E-state index contributed by atoms with van der Waals surface area (Å²) >= 11 is 0. The summed E-state index contributed by atoms with van der Waals surface area (Å²) in [5.74, 6) is -12.8. The van der Waals surface area contributed by atoms with Gasteiger partial charge in [-0.1, -0.05) is 26.0 Å². The van der Waals surface area contributed by atoms with Crippen LogP contribution in [0, 0.1) is 5.92 Å². The van der Waals surface area contributed by atoms with Crippen molar-refractivity contribution < 1.29 is 113 Å². The van der Waals surface area contributed by atoms with Crippen LogP contribution in [0.4, 0.5) is 39.5 Å². The highest BCUT2D eigenvalue weighted by molar-refractivity contribution is 5.95. The molecule has 6 atom stereocenters. The number of phenols is 1. The van der Waals surface area contributed by atoms with E-state index in [0.29, 0.717) is 18.4 Å². The number of esters is 1. The van der Waals surface area contributed by atoms with Crippen molar-refractivity contribution in [2.75, 3.05) is 13.1 Å². The Bertz CT molecular complexity index is 1790. The summed E-state index contributed by atoms with van der Waals surface area (Å²) in [6.07, 6.45) is -16.7. The number of phenolic OH excluding ortho intramolecular Hbond substituents is 1. The number of carboxylic acid groups (broad SMARTS) is 4. The third kappa shape index (κ3) is 26.2. The van der Waals surface area contributed by atoms with E-state index in [1.165, 1.54) is 24.0 Å². The highest BCUT2D eigenvalue weighted by Crippen LogP contribution is 2.22. The number of amides is 3. The van der Waals surface area contributed by atoms with Crippen molar-refractivity contribution in [3.8, 4) is 5.75 Å². The minimum Gasteiger partial charge on any atom is -0.508 e. The number of hydrogen-bond donors (Lipinski definition) is 11. The predicted molar refractivity (Wildman–Crippen MR) is 208 cm³/mol. The van der Waals surface area contributed by atoms with Gasteiger partial charge in [-0.2, -0.15) is 39.5 Å². The molecule has 382 valence electrons. The Labute approximate surface area is 373 Å². The maximum absolute atomic E-state index is 13.8. The van der Waals surface area contributed by atoms with Gasteiger partial charge >= 0.3 is 48.4 Å². The van der Waals surface area contributed by atoms with Crippen molar-refractivity contribution in [2.24, 2.45) is 28.1 Å². The van der Waals surface area contributed by atoms with Crippen LogP contribution in [0.1, 0.15) is 58.4 Å². The molecule has 2 rings (SSSR count). The Balaban J connectivity index is 0. The van der Waals surface area contributed by atoms with E-state index in [1.54, 1.807) is 12.1 Å². The monoisotopic (exact) mass is 991 g/mol. The number of ether oxygens (including phenoxy) is 1. The first-order valence-corrected chi connectivity index (χ1v) is 19.0. The number of guanidine groups is 1. The zero-order valence-electron chi connectivity index (χ0n) is 35.4. The molecular formula is C36H50F9N7O15. The third-order valence-corrected chi connectivity index (χ3v) is 8.11. The number of carbonyl (C=O) groups excluding carboxylic acids is 4. The summed E-state index contributed by atoms with van der Waals surface area (Å²) in [4.78, 5) is 96.7. The quantitative estimate of drug-likeness (QED) is 0.0335. The molecule has 1 fully saturated rings. The van der Waals surface area contributed by atoms with Crippen LogP contribution in [0.5, 0.6) is 5.75 Å². The summed E-state index contributed by atoms with van der Waals surface area (Å²) in [5.41, 5.74) is 17.2. The van der Waals surface area contributed by atoms with Crippen LogP contribution in [0.25, 0.3) is 0 Å². The van der Waals surface area contributed by atoms with E-state index in [1.807, 2.05) is 13.8 Å². The number of aliphatic imine (C=N–C) groups is 1. The number of hydrogen-bond acceptors (Lipinski definition) is 13. The lowest BCUT2D eigenvalue weighted by atomic mass is 10.0. The summed E-state index contributed by atoms with van der Waals surface area (Å²) in [7, 11) is 0. The molecule has 3 amide bonds. The lowest BCUT2D eigenvalue weighted by Crippen LogP contribution is -2.58. The average molecular weight is 992 g/mol. The number of likely N-dealkylation sites (tertiary alicyclic amines) is 1. The van der Waals surface area contributed by atoms with Crippen LogP contribution in [0.2, 0.25) is 0 Å². The number of benzene rings is 1. The molecule has 0 bridgehead atoms. The molecule has 1 aliphatic heterocycles. The van der Waals surface area contributed by atoms with Gasteiger partial charge in [-0.25, -0.2) is 19.2 Å². The second kappa shape index (κ2) is 28.4. The van der Waals surface area contributed by atoms with E-state index in [0.717, 1.165) is 0 Å². The first-order valence-electron chi connectivity index (χ1n) is 19.0. The van der Waals surface area contributed by atoms with Gasteiger partial charge in [0.25, 0.3) is 5.91 Å². The summed E-state index contributed by atoms with van der Waals surface area (Å²) in [5, 5.41) is 55.2. The number of aliphatic carboxylic acids is 4. The van der Waals surface area contributed by atoms with Crippen molar-refractivity contribution >= 4 is 53.5 Å². The van der Waals surface area contributed by atoms with E-state index in [-0.39, 0.29) is 56.4 Å². The molecule has 1 aromatic rings. The Hall–Kier alpha value is -6.66. The number of nitrogens with two attached hydrogens (primary N) is 3. The van der Waals surface area contributed by atoms with Crippen molar-refractivity contribution in [3.05, 3.63) is 29.8 Å². The molecule has 1 saturated heterocycles. The Morgan fingerprint density at radius 1 is 0.821 bits per heavy atom. The summed E-state index contributed by atoms with van der Waals surface area (Å²) in [6.45, 7) is 5.34. The highest BCUT2D eigenvalue weighted by Gasteiger charge is 2.42. The first-order chi connectivity index (χ1) is 30.4. The number of rotatable bonds is 17. The zero-order valence-corrected chi connectivity index (χ0v) is 35.4. The molecule has 0 aliphatic carbocycles. The van der Waals surface area contributed by atoms with Gasteiger partial charge in [-0.3, -0.25) is 24.2 Å². The second-order valence-corrected chi connectivity index (χ2v) is 14.2. The van der Waals surface area contributed by atoms with Crippen LogP contribution in [0.3, 0.4) is 0 Å². The molecule has 0 spiro atoms. The number of nitrogens with zero attached hydrogens (tertiary/aromatic N) is 2. The number of aromatic hydroxyl groups is 1. The van der Waals surface area contributed by atoms with Crippen LogP contribution < -0.4 is 27.8 Å². The van der Waals surface area contributed by atoms with Crippen molar-refractivity contribution in [2.45, 2.75) is 114 Å². The van der Waals surface area contributed by atoms with Crippen molar-refractivity contribution in [3.63, 3.8) is 0 Å². The lowest BCUT2D eigenvalue weighted by Gasteiger charge is -2.31. The molecule has 14 N–H and O–H groups in total. The molecule has 1 aromatic carbocycles. The number of carbonyl (C=O) groups is 8. The van der Waals surface area contributed by atoms with Crippen LogP contribution in [0.15, 0.2) is 29.3 Å². The molecule has 22 nitrogen and oxygen atoms in total. The van der Waals surface area contributed by atoms with Gasteiger partial charge in [0.15, 0.2) is 18.1 Å². The zero-order chi connectivity index (χ0) is 52.8.